The minimum atomic E-state index is -0.452. The summed E-state index contributed by atoms with van der Waals surface area (Å²) in [7, 11) is 0. The van der Waals surface area contributed by atoms with Gasteiger partial charge in [0.25, 0.3) is 23.6 Å². The summed E-state index contributed by atoms with van der Waals surface area (Å²) in [5, 5.41) is 15.7. The molecule has 8 nitrogen and oxygen atoms in total. The monoisotopic (exact) mass is 573 g/mol. The molecule has 0 atom stereocenters. The number of rotatable bonds is 2. The number of nitrogens with two attached hydrogens (primary N) is 1. The minimum Gasteiger partial charge on any atom is -0.508 e. The summed E-state index contributed by atoms with van der Waals surface area (Å²) in [6.45, 7) is 0. The highest BCUT2D eigenvalue weighted by Gasteiger charge is 2.37. The number of phenols is 1. The number of carbonyl (C=O) groups is 4. The molecule has 2 aliphatic heterocycles. The Morgan fingerprint density at radius 3 is 1.07 bits per heavy atom. The van der Waals surface area contributed by atoms with Crippen molar-refractivity contribution in [3.63, 3.8) is 0 Å². The van der Waals surface area contributed by atoms with Crippen LogP contribution in [-0.4, -0.2) is 28.7 Å². The first-order valence-corrected chi connectivity index (χ1v) is 14.0. The molecule has 7 aromatic rings. The quantitative estimate of drug-likeness (QED) is 0.104. The molecular formula is C36H19N3O5. The van der Waals surface area contributed by atoms with Crippen LogP contribution in [-0.2, 0) is 0 Å². The Kier molecular flexibility index (Phi) is 4.52. The summed E-state index contributed by atoms with van der Waals surface area (Å²) in [5.74, 6) is -1.71. The molecule has 44 heavy (non-hydrogen) atoms. The highest BCUT2D eigenvalue weighted by molar-refractivity contribution is 6.45. The lowest BCUT2D eigenvalue weighted by Gasteiger charge is -2.30. The van der Waals surface area contributed by atoms with Crippen molar-refractivity contribution in [3.05, 3.63) is 119 Å². The highest BCUT2D eigenvalue weighted by Crippen LogP contribution is 2.47. The maximum absolute atomic E-state index is 13.8. The molecule has 0 saturated heterocycles. The molecule has 0 radical (unpaired) electrons. The molecule has 0 aliphatic carbocycles. The summed E-state index contributed by atoms with van der Waals surface area (Å²) in [5.41, 5.74) is 8.79. The van der Waals surface area contributed by atoms with E-state index in [9.17, 15) is 24.3 Å². The van der Waals surface area contributed by atoms with Gasteiger partial charge in [-0.1, -0.05) is 24.3 Å². The molecule has 0 bridgehead atoms. The van der Waals surface area contributed by atoms with Crippen LogP contribution in [0.1, 0.15) is 41.4 Å². The van der Waals surface area contributed by atoms with Crippen molar-refractivity contribution in [1.29, 1.82) is 0 Å². The first-order chi connectivity index (χ1) is 21.3. The van der Waals surface area contributed by atoms with Crippen molar-refractivity contribution < 1.29 is 24.3 Å². The van der Waals surface area contributed by atoms with Gasteiger partial charge in [-0.2, -0.15) is 0 Å². The number of anilines is 3. The largest absolute Gasteiger partial charge is 0.508 e. The van der Waals surface area contributed by atoms with Crippen LogP contribution < -0.4 is 15.5 Å². The number of phenolic OH excluding ortho intramolecular Hbond substituents is 1. The Balaban J connectivity index is 1.31. The second-order valence-corrected chi connectivity index (χ2v) is 11.1. The van der Waals surface area contributed by atoms with Crippen LogP contribution in [0.5, 0.6) is 5.75 Å². The summed E-state index contributed by atoms with van der Waals surface area (Å²) in [6.07, 6.45) is 0. The molecule has 2 aliphatic rings. The number of nitrogens with zero attached hydrogens (tertiary/aromatic N) is 2. The Morgan fingerprint density at radius 2 is 0.727 bits per heavy atom. The van der Waals surface area contributed by atoms with Gasteiger partial charge in [0.15, 0.2) is 0 Å². The number of nitrogen functional groups attached to an aromatic ring is 1. The molecule has 3 N–H and O–H groups in total. The fourth-order valence-electron chi connectivity index (χ4n) is 6.96. The normalized spacial score (nSPS) is 14.6. The van der Waals surface area contributed by atoms with Crippen LogP contribution in [0.4, 0.5) is 17.1 Å². The summed E-state index contributed by atoms with van der Waals surface area (Å²) >= 11 is 0. The van der Waals surface area contributed by atoms with Gasteiger partial charge in [0.05, 0.1) is 11.4 Å². The molecule has 9 rings (SSSR count). The van der Waals surface area contributed by atoms with E-state index in [0.29, 0.717) is 50.1 Å². The zero-order valence-corrected chi connectivity index (χ0v) is 22.8. The van der Waals surface area contributed by atoms with E-state index in [4.69, 9.17) is 5.73 Å². The van der Waals surface area contributed by atoms with Gasteiger partial charge in [0.2, 0.25) is 0 Å². The summed E-state index contributed by atoms with van der Waals surface area (Å²) < 4.78 is 0. The third kappa shape index (κ3) is 2.91. The van der Waals surface area contributed by atoms with Gasteiger partial charge < -0.3 is 10.8 Å². The molecule has 0 unspecified atom stereocenters. The maximum Gasteiger partial charge on any atom is 0.265 e. The van der Waals surface area contributed by atoms with Gasteiger partial charge in [-0.15, -0.1) is 0 Å². The lowest BCUT2D eigenvalue weighted by molar-refractivity contribution is 0.0877. The minimum absolute atomic E-state index is 0.0322. The second-order valence-electron chi connectivity index (χ2n) is 11.1. The van der Waals surface area contributed by atoms with Crippen molar-refractivity contribution in [2.45, 2.75) is 0 Å². The standard InChI is InChI=1S/C36H19N3O5/c37-17-1-3-18(4-2-17)38-33(41)25-13-9-21-23-11-15-27-32-28(36(44)39(35(27)43)19-5-7-20(40)8-6-19)16-12-24(30(23)32)22-10-14-26(34(38)42)31(25)29(21)22/h1-16,40H,37H2. The number of benzene rings is 7. The lowest BCUT2D eigenvalue weighted by Crippen LogP contribution is -2.40. The van der Waals surface area contributed by atoms with E-state index < -0.39 is 23.6 Å². The molecule has 7 aromatic carbocycles. The van der Waals surface area contributed by atoms with Crippen LogP contribution in [0.2, 0.25) is 0 Å². The van der Waals surface area contributed by atoms with Gasteiger partial charge in [-0.05, 0) is 105 Å². The molecule has 4 amide bonds. The predicted molar refractivity (Wildman–Crippen MR) is 169 cm³/mol. The van der Waals surface area contributed by atoms with Crippen molar-refractivity contribution >= 4 is 83.8 Å². The fourth-order valence-corrected chi connectivity index (χ4v) is 6.96. The van der Waals surface area contributed by atoms with Gasteiger partial charge in [0, 0.05) is 38.7 Å². The van der Waals surface area contributed by atoms with Crippen molar-refractivity contribution in [2.24, 2.45) is 0 Å². The average molecular weight is 574 g/mol. The molecule has 0 aromatic heterocycles. The molecule has 0 saturated carbocycles. The third-order valence-corrected chi connectivity index (χ3v) is 8.89. The number of hydrogen-bond acceptors (Lipinski definition) is 6. The van der Waals surface area contributed by atoms with Crippen molar-refractivity contribution in [3.8, 4) is 5.75 Å². The average Bonchev–Trinajstić information content (AvgIpc) is 3.03. The molecule has 208 valence electrons. The molecule has 0 spiro atoms. The van der Waals surface area contributed by atoms with Gasteiger partial charge in [0.1, 0.15) is 5.75 Å². The van der Waals surface area contributed by atoms with E-state index in [-0.39, 0.29) is 5.75 Å². The van der Waals surface area contributed by atoms with E-state index in [2.05, 4.69) is 0 Å². The van der Waals surface area contributed by atoms with Gasteiger partial charge >= 0.3 is 0 Å². The number of aromatic hydroxyl groups is 1. The van der Waals surface area contributed by atoms with Crippen molar-refractivity contribution in [2.75, 3.05) is 15.5 Å². The molecular weight excluding hydrogens is 554 g/mol. The second kappa shape index (κ2) is 8.17. The van der Waals surface area contributed by atoms with Crippen LogP contribution in [0.3, 0.4) is 0 Å². The molecule has 2 heterocycles. The number of fused-ring (bicyclic) bond motifs is 2. The van der Waals surface area contributed by atoms with E-state index in [0.717, 1.165) is 37.2 Å². The Hall–Kier alpha value is -6.28. The van der Waals surface area contributed by atoms with Crippen LogP contribution >= 0.6 is 0 Å². The molecule has 8 heteroatoms. The first-order valence-electron chi connectivity index (χ1n) is 14.0. The molecule has 0 fully saturated rings. The van der Waals surface area contributed by atoms with Crippen LogP contribution in [0.15, 0.2) is 97.1 Å². The zero-order chi connectivity index (χ0) is 30.0. The van der Waals surface area contributed by atoms with Crippen LogP contribution in [0.25, 0.3) is 43.1 Å². The number of carbonyl (C=O) groups excluding carboxylic acids is 4. The summed E-state index contributed by atoms with van der Waals surface area (Å²) in [6, 6.07) is 27.0. The predicted octanol–water partition coefficient (Wildman–Crippen LogP) is 6.63. The number of hydrogen-bond donors (Lipinski definition) is 2. The lowest BCUT2D eigenvalue weighted by atomic mass is 9.82. The third-order valence-electron chi connectivity index (χ3n) is 8.89. The zero-order valence-electron chi connectivity index (χ0n) is 22.8. The Labute approximate surface area is 248 Å². The van der Waals surface area contributed by atoms with E-state index >= 15 is 0 Å². The SMILES string of the molecule is Nc1ccc(N2C(=O)c3ccc4c5ccc6c7c(ccc(c8ccc(c3c48)C2=O)c75)C(=O)N(c2ccc(O)cc2)C6=O)cc1. The summed E-state index contributed by atoms with van der Waals surface area (Å²) in [4.78, 5) is 57.5. The topological polar surface area (TPSA) is 121 Å². The highest BCUT2D eigenvalue weighted by atomic mass is 16.3. The van der Waals surface area contributed by atoms with E-state index in [1.54, 1.807) is 48.5 Å². The van der Waals surface area contributed by atoms with E-state index in [1.807, 2.05) is 24.3 Å². The fraction of sp³-hybridized carbons (Fsp3) is 0. The first kappa shape index (κ1) is 24.3. The smallest absolute Gasteiger partial charge is 0.265 e. The van der Waals surface area contributed by atoms with E-state index in [1.165, 1.54) is 29.2 Å². The van der Waals surface area contributed by atoms with Gasteiger partial charge in [-0.25, -0.2) is 9.80 Å². The van der Waals surface area contributed by atoms with Crippen molar-refractivity contribution in [1.82, 2.24) is 0 Å². The Morgan fingerprint density at radius 1 is 0.409 bits per heavy atom. The number of imide groups is 2. The van der Waals surface area contributed by atoms with Gasteiger partial charge in [-0.3, -0.25) is 19.2 Å². The maximum atomic E-state index is 13.8. The number of amides is 4. The Bertz CT molecular complexity index is 2190. The van der Waals surface area contributed by atoms with Crippen LogP contribution in [0, 0.1) is 0 Å².